The van der Waals surface area contributed by atoms with Gasteiger partial charge in [-0.3, -0.25) is 4.79 Å². The van der Waals surface area contributed by atoms with Crippen LogP contribution in [0.5, 0.6) is 5.88 Å². The summed E-state index contributed by atoms with van der Waals surface area (Å²) >= 11 is 0. The first-order chi connectivity index (χ1) is 11.7. The molecule has 0 fully saturated rings. The van der Waals surface area contributed by atoms with Gasteiger partial charge in [0.15, 0.2) is 6.20 Å². The molecule has 1 N–H and O–H groups in total. The van der Waals surface area contributed by atoms with Crippen LogP contribution in [0.15, 0.2) is 73.1 Å². The molecule has 0 aliphatic rings. The normalized spacial score (nSPS) is 10.2. The summed E-state index contributed by atoms with van der Waals surface area (Å²) in [5.74, 6) is -0.230. The van der Waals surface area contributed by atoms with Crippen LogP contribution >= 0.6 is 0 Å². The van der Waals surface area contributed by atoms with E-state index < -0.39 is 5.91 Å². The number of carbonyl (C=O) groups excluding carboxylic acids is 1. The number of carbonyl (C=O) groups is 1. The van der Waals surface area contributed by atoms with Crippen LogP contribution < -0.4 is 14.8 Å². The number of nitrogens with zero attached hydrogens (tertiary/aromatic N) is 2. The number of amides is 1. The Kier molecular flexibility index (Phi) is 4.67. The molecule has 2 aromatic heterocycles. The number of benzene rings is 1. The van der Waals surface area contributed by atoms with Gasteiger partial charge in [0.25, 0.3) is 5.69 Å². The van der Waals surface area contributed by atoms with Crippen molar-refractivity contribution in [1.82, 2.24) is 4.98 Å². The largest absolute Gasteiger partial charge is 0.618 e. The molecule has 6 nitrogen and oxygen atoms in total. The van der Waals surface area contributed by atoms with Crippen molar-refractivity contribution in [1.29, 1.82) is 0 Å². The van der Waals surface area contributed by atoms with Gasteiger partial charge in [-0.15, -0.1) is 0 Å². The molecular weight excluding hydrogens is 306 g/mol. The van der Waals surface area contributed by atoms with E-state index in [0.29, 0.717) is 22.9 Å². The van der Waals surface area contributed by atoms with Crippen LogP contribution in [0.25, 0.3) is 0 Å². The zero-order valence-electron chi connectivity index (χ0n) is 12.8. The van der Waals surface area contributed by atoms with Crippen LogP contribution in [0.2, 0.25) is 0 Å². The Labute approximate surface area is 138 Å². The molecule has 0 radical (unpaired) electrons. The molecule has 0 aliphatic heterocycles. The van der Waals surface area contributed by atoms with Crippen molar-refractivity contribution in [3.63, 3.8) is 0 Å². The van der Waals surface area contributed by atoms with Crippen molar-refractivity contribution in [3.8, 4) is 5.88 Å². The van der Waals surface area contributed by atoms with Crippen LogP contribution in [-0.2, 0) is 6.61 Å². The van der Waals surface area contributed by atoms with Crippen LogP contribution in [0.3, 0.4) is 0 Å². The molecule has 0 unspecified atom stereocenters. The standard InChI is InChI=1S/C18H15N3O3/c22-17(16-10-4-5-12-21(16)23)20-15-9-6-11-19-18(15)24-13-14-7-2-1-3-8-14/h1-12H,13H2,(H,20,22). The smallest absolute Gasteiger partial charge is 0.321 e. The van der Waals surface area contributed by atoms with Crippen molar-refractivity contribution in [3.05, 3.63) is 89.5 Å². The maximum atomic E-state index is 12.2. The number of pyridine rings is 2. The van der Waals surface area contributed by atoms with Gasteiger partial charge in [0.1, 0.15) is 12.3 Å². The maximum absolute atomic E-state index is 12.2. The molecule has 0 atom stereocenters. The average Bonchev–Trinajstić information content (AvgIpc) is 2.62. The Hall–Kier alpha value is -3.41. The van der Waals surface area contributed by atoms with Crippen molar-refractivity contribution in [2.24, 2.45) is 0 Å². The molecule has 2 heterocycles. The van der Waals surface area contributed by atoms with Gasteiger partial charge in [0, 0.05) is 18.3 Å². The minimum Gasteiger partial charge on any atom is -0.618 e. The molecule has 0 saturated heterocycles. The van der Waals surface area contributed by atoms with E-state index in [1.165, 1.54) is 12.3 Å². The minimum atomic E-state index is -0.525. The summed E-state index contributed by atoms with van der Waals surface area (Å²) in [6, 6.07) is 17.6. The SMILES string of the molecule is O=C(Nc1cccnc1OCc1ccccc1)c1cccc[n+]1[O-]. The summed E-state index contributed by atoms with van der Waals surface area (Å²) in [7, 11) is 0. The van der Waals surface area contributed by atoms with Crippen molar-refractivity contribution in [2.45, 2.75) is 6.61 Å². The zero-order valence-corrected chi connectivity index (χ0v) is 12.8. The van der Waals surface area contributed by atoms with Gasteiger partial charge in [-0.05, 0) is 23.8 Å². The highest BCUT2D eigenvalue weighted by Gasteiger charge is 2.17. The molecule has 1 amide bonds. The molecular formula is C18H15N3O3. The van der Waals surface area contributed by atoms with Crippen molar-refractivity contribution in [2.75, 3.05) is 5.32 Å². The molecule has 6 heteroatoms. The Morgan fingerprint density at radius 3 is 2.67 bits per heavy atom. The Bertz CT molecular complexity index is 838. The third kappa shape index (κ3) is 3.67. The van der Waals surface area contributed by atoms with Gasteiger partial charge in [-0.2, -0.15) is 4.73 Å². The summed E-state index contributed by atoms with van der Waals surface area (Å²) in [6.45, 7) is 0.327. The summed E-state index contributed by atoms with van der Waals surface area (Å²) < 4.78 is 6.19. The summed E-state index contributed by atoms with van der Waals surface area (Å²) in [6.07, 6.45) is 2.84. The first-order valence-electron chi connectivity index (χ1n) is 7.35. The highest BCUT2D eigenvalue weighted by Crippen LogP contribution is 2.22. The van der Waals surface area contributed by atoms with Gasteiger partial charge in [0.05, 0.1) is 0 Å². The first-order valence-corrected chi connectivity index (χ1v) is 7.35. The summed E-state index contributed by atoms with van der Waals surface area (Å²) in [4.78, 5) is 16.4. The van der Waals surface area contributed by atoms with E-state index in [2.05, 4.69) is 10.3 Å². The van der Waals surface area contributed by atoms with E-state index in [1.807, 2.05) is 30.3 Å². The van der Waals surface area contributed by atoms with Crippen LogP contribution in [0.1, 0.15) is 16.1 Å². The molecule has 0 bridgehead atoms. The third-order valence-electron chi connectivity index (χ3n) is 3.29. The zero-order chi connectivity index (χ0) is 16.8. The van der Waals surface area contributed by atoms with E-state index in [9.17, 15) is 10.0 Å². The predicted molar refractivity (Wildman–Crippen MR) is 88.4 cm³/mol. The second-order valence-corrected chi connectivity index (χ2v) is 5.00. The highest BCUT2D eigenvalue weighted by molar-refractivity contribution is 6.02. The van der Waals surface area contributed by atoms with Gasteiger partial charge < -0.3 is 15.3 Å². The Morgan fingerprint density at radius 2 is 1.88 bits per heavy atom. The van der Waals surface area contributed by atoms with E-state index in [0.717, 1.165) is 5.56 Å². The topological polar surface area (TPSA) is 78.2 Å². The van der Waals surface area contributed by atoms with Gasteiger partial charge in [0.2, 0.25) is 5.88 Å². The molecule has 1 aromatic carbocycles. The fourth-order valence-electron chi connectivity index (χ4n) is 2.12. The predicted octanol–water partition coefficient (Wildman–Crippen LogP) is 2.55. The monoisotopic (exact) mass is 321 g/mol. The Morgan fingerprint density at radius 1 is 1.08 bits per heavy atom. The first kappa shape index (κ1) is 15.5. The van der Waals surface area contributed by atoms with Crippen molar-refractivity contribution >= 4 is 11.6 Å². The third-order valence-corrected chi connectivity index (χ3v) is 3.29. The molecule has 3 aromatic rings. The second-order valence-electron chi connectivity index (χ2n) is 5.00. The lowest BCUT2D eigenvalue weighted by Gasteiger charge is -2.11. The van der Waals surface area contributed by atoms with Crippen LogP contribution in [-0.4, -0.2) is 10.9 Å². The van der Waals surface area contributed by atoms with Gasteiger partial charge >= 0.3 is 5.91 Å². The van der Waals surface area contributed by atoms with E-state index in [1.54, 1.807) is 30.5 Å². The number of anilines is 1. The lowest BCUT2D eigenvalue weighted by atomic mass is 10.2. The molecule has 3 rings (SSSR count). The molecule has 0 aliphatic carbocycles. The van der Waals surface area contributed by atoms with E-state index in [-0.39, 0.29) is 5.69 Å². The van der Waals surface area contributed by atoms with E-state index in [4.69, 9.17) is 4.74 Å². The fourth-order valence-corrected chi connectivity index (χ4v) is 2.12. The van der Waals surface area contributed by atoms with Crippen LogP contribution in [0.4, 0.5) is 5.69 Å². The maximum Gasteiger partial charge on any atom is 0.321 e. The summed E-state index contributed by atoms with van der Waals surface area (Å²) in [5, 5.41) is 14.3. The Balaban J connectivity index is 1.74. The van der Waals surface area contributed by atoms with Gasteiger partial charge in [-0.25, -0.2) is 4.98 Å². The highest BCUT2D eigenvalue weighted by atomic mass is 16.5. The average molecular weight is 321 g/mol. The number of aromatic nitrogens is 2. The van der Waals surface area contributed by atoms with E-state index >= 15 is 0 Å². The summed E-state index contributed by atoms with van der Waals surface area (Å²) in [5.41, 5.74) is 1.39. The molecule has 0 saturated carbocycles. The molecule has 120 valence electrons. The molecule has 24 heavy (non-hydrogen) atoms. The fraction of sp³-hybridized carbons (Fsp3) is 0.0556. The quantitative estimate of drug-likeness (QED) is 0.578. The number of hydrogen-bond donors (Lipinski definition) is 1. The van der Waals surface area contributed by atoms with Crippen molar-refractivity contribution < 1.29 is 14.3 Å². The number of rotatable bonds is 5. The lowest BCUT2D eigenvalue weighted by Crippen LogP contribution is -2.36. The van der Waals surface area contributed by atoms with Crippen LogP contribution in [0, 0.1) is 5.21 Å². The minimum absolute atomic E-state index is 0.00429. The number of ether oxygens (including phenoxy) is 1. The molecule has 0 spiro atoms. The number of nitrogens with one attached hydrogen (secondary N) is 1. The lowest BCUT2D eigenvalue weighted by molar-refractivity contribution is -0.607. The van der Waals surface area contributed by atoms with Gasteiger partial charge in [-0.1, -0.05) is 30.3 Å². The second kappa shape index (κ2) is 7.23. The number of hydrogen-bond acceptors (Lipinski definition) is 4.